The normalized spacial score (nSPS) is 19.3. The molecule has 1 aliphatic carbocycles. The molecule has 15 heavy (non-hydrogen) atoms. The summed E-state index contributed by atoms with van der Waals surface area (Å²) in [6, 6.07) is 0.0780. The smallest absolute Gasteiger partial charge is 0.319 e. The van der Waals surface area contributed by atoms with Crippen LogP contribution in [0.3, 0.4) is 0 Å². The minimum atomic E-state index is -1.10. The van der Waals surface area contributed by atoms with Crippen molar-refractivity contribution >= 4 is 11.9 Å². The molecule has 0 spiro atoms. The van der Waals surface area contributed by atoms with Crippen LogP contribution in [0, 0.1) is 5.41 Å². The van der Waals surface area contributed by atoms with Crippen LogP contribution in [0.5, 0.6) is 0 Å². The number of hydrogen-bond donors (Lipinski definition) is 2. The van der Waals surface area contributed by atoms with Crippen LogP contribution in [-0.4, -0.2) is 23.0 Å². The Labute approximate surface area is 90.0 Å². The van der Waals surface area contributed by atoms with Crippen molar-refractivity contribution in [3.63, 3.8) is 0 Å². The molecule has 0 radical (unpaired) electrons. The summed E-state index contributed by atoms with van der Waals surface area (Å²) in [4.78, 5) is 22.5. The van der Waals surface area contributed by atoms with Gasteiger partial charge in [-0.2, -0.15) is 0 Å². The summed E-state index contributed by atoms with van der Waals surface area (Å²) in [7, 11) is 0. The van der Waals surface area contributed by atoms with E-state index in [4.69, 9.17) is 5.11 Å². The molecule has 4 nitrogen and oxygen atoms in total. The lowest BCUT2D eigenvalue weighted by Crippen LogP contribution is -2.41. The standard InChI is InChI=1S/C11H19NO3/c1-3-4-5-8(2)12-9(13)11(6-7-11)10(14)15/h8H,3-7H2,1-2H3,(H,12,13)(H,14,15). The maximum Gasteiger partial charge on any atom is 0.319 e. The van der Waals surface area contributed by atoms with Crippen LogP contribution in [0.15, 0.2) is 0 Å². The molecule has 0 aromatic rings. The number of carboxylic acids is 1. The van der Waals surface area contributed by atoms with Crippen molar-refractivity contribution in [2.75, 3.05) is 0 Å². The Hall–Kier alpha value is -1.06. The number of amides is 1. The number of aliphatic carboxylic acids is 1. The summed E-state index contributed by atoms with van der Waals surface area (Å²) in [6.07, 6.45) is 4.02. The molecule has 1 fully saturated rings. The molecule has 2 N–H and O–H groups in total. The first-order valence-electron chi connectivity index (χ1n) is 5.57. The maximum atomic E-state index is 11.7. The van der Waals surface area contributed by atoms with Gasteiger partial charge in [0.2, 0.25) is 5.91 Å². The second-order valence-electron chi connectivity index (χ2n) is 4.40. The molecule has 1 atom stereocenters. The van der Waals surface area contributed by atoms with Crippen LogP contribution < -0.4 is 5.32 Å². The molecular formula is C11H19NO3. The van der Waals surface area contributed by atoms with Crippen molar-refractivity contribution in [1.82, 2.24) is 5.32 Å². The monoisotopic (exact) mass is 213 g/mol. The zero-order valence-corrected chi connectivity index (χ0v) is 9.38. The molecule has 1 rings (SSSR count). The van der Waals surface area contributed by atoms with E-state index in [9.17, 15) is 9.59 Å². The summed E-state index contributed by atoms with van der Waals surface area (Å²) >= 11 is 0. The molecule has 0 aliphatic heterocycles. The number of carboxylic acid groups (broad SMARTS) is 1. The molecule has 1 aliphatic rings. The number of carbonyl (C=O) groups excluding carboxylic acids is 1. The first kappa shape index (κ1) is 12.0. The van der Waals surface area contributed by atoms with Crippen LogP contribution in [-0.2, 0) is 9.59 Å². The van der Waals surface area contributed by atoms with Gasteiger partial charge in [0.05, 0.1) is 0 Å². The second kappa shape index (κ2) is 4.64. The molecule has 0 saturated heterocycles. The van der Waals surface area contributed by atoms with Crippen LogP contribution >= 0.6 is 0 Å². The van der Waals surface area contributed by atoms with Gasteiger partial charge in [-0.25, -0.2) is 0 Å². The average Bonchev–Trinajstić information content (AvgIpc) is 2.95. The lowest BCUT2D eigenvalue weighted by atomic mass is 10.1. The molecule has 4 heteroatoms. The Bertz CT molecular complexity index is 259. The number of carbonyl (C=O) groups is 2. The summed E-state index contributed by atoms with van der Waals surface area (Å²) in [5, 5.41) is 11.7. The zero-order chi connectivity index (χ0) is 11.5. The topological polar surface area (TPSA) is 66.4 Å². The fraction of sp³-hybridized carbons (Fsp3) is 0.818. The van der Waals surface area contributed by atoms with E-state index in [0.717, 1.165) is 19.3 Å². The molecule has 0 bridgehead atoms. The number of unbranched alkanes of at least 4 members (excludes halogenated alkanes) is 1. The number of rotatable bonds is 6. The highest BCUT2D eigenvalue weighted by atomic mass is 16.4. The van der Waals surface area contributed by atoms with Crippen LogP contribution in [0.1, 0.15) is 46.0 Å². The Morgan fingerprint density at radius 1 is 1.47 bits per heavy atom. The van der Waals surface area contributed by atoms with Gasteiger partial charge in [0, 0.05) is 6.04 Å². The fourth-order valence-corrected chi connectivity index (χ4v) is 1.61. The highest BCUT2D eigenvalue weighted by molar-refractivity contribution is 6.04. The largest absolute Gasteiger partial charge is 0.480 e. The van der Waals surface area contributed by atoms with Gasteiger partial charge >= 0.3 is 5.97 Å². The van der Waals surface area contributed by atoms with Gasteiger partial charge in [0.1, 0.15) is 5.41 Å². The number of hydrogen-bond acceptors (Lipinski definition) is 2. The van der Waals surface area contributed by atoms with Crippen molar-refractivity contribution < 1.29 is 14.7 Å². The number of nitrogens with one attached hydrogen (secondary N) is 1. The SMILES string of the molecule is CCCCC(C)NC(=O)C1(C(=O)O)CC1. The van der Waals surface area contributed by atoms with Gasteiger partial charge in [-0.3, -0.25) is 9.59 Å². The molecule has 0 heterocycles. The van der Waals surface area contributed by atoms with E-state index in [2.05, 4.69) is 12.2 Å². The van der Waals surface area contributed by atoms with Gasteiger partial charge in [0.15, 0.2) is 0 Å². The molecule has 1 amide bonds. The third-order valence-corrected chi connectivity index (χ3v) is 2.96. The van der Waals surface area contributed by atoms with Crippen molar-refractivity contribution in [3.05, 3.63) is 0 Å². The van der Waals surface area contributed by atoms with Gasteiger partial charge in [-0.15, -0.1) is 0 Å². The first-order valence-corrected chi connectivity index (χ1v) is 5.57. The third kappa shape index (κ3) is 2.70. The summed E-state index contributed by atoms with van der Waals surface area (Å²) in [5.74, 6) is -1.29. The van der Waals surface area contributed by atoms with Crippen molar-refractivity contribution in [1.29, 1.82) is 0 Å². The van der Waals surface area contributed by atoms with Crippen LogP contribution in [0.4, 0.5) is 0 Å². The molecule has 0 aromatic carbocycles. The molecule has 86 valence electrons. The van der Waals surface area contributed by atoms with Crippen molar-refractivity contribution in [2.45, 2.75) is 52.0 Å². The lowest BCUT2D eigenvalue weighted by molar-refractivity contribution is -0.149. The van der Waals surface area contributed by atoms with E-state index in [1.807, 2.05) is 6.92 Å². The Balaban J connectivity index is 2.39. The van der Waals surface area contributed by atoms with Crippen molar-refractivity contribution in [2.24, 2.45) is 5.41 Å². The third-order valence-electron chi connectivity index (χ3n) is 2.96. The van der Waals surface area contributed by atoms with Gasteiger partial charge < -0.3 is 10.4 Å². The van der Waals surface area contributed by atoms with E-state index >= 15 is 0 Å². The molecule has 0 aromatic heterocycles. The quantitative estimate of drug-likeness (QED) is 0.658. The Morgan fingerprint density at radius 3 is 2.47 bits per heavy atom. The van der Waals surface area contributed by atoms with Crippen LogP contribution in [0.25, 0.3) is 0 Å². The van der Waals surface area contributed by atoms with E-state index < -0.39 is 11.4 Å². The minimum Gasteiger partial charge on any atom is -0.480 e. The van der Waals surface area contributed by atoms with E-state index in [0.29, 0.717) is 12.8 Å². The highest BCUT2D eigenvalue weighted by Crippen LogP contribution is 2.46. The fourth-order valence-electron chi connectivity index (χ4n) is 1.61. The predicted molar refractivity (Wildman–Crippen MR) is 56.4 cm³/mol. The first-order chi connectivity index (χ1) is 7.03. The zero-order valence-electron chi connectivity index (χ0n) is 9.38. The average molecular weight is 213 g/mol. The Morgan fingerprint density at radius 2 is 2.07 bits per heavy atom. The van der Waals surface area contributed by atoms with Crippen LogP contribution in [0.2, 0.25) is 0 Å². The Kier molecular flexibility index (Phi) is 3.72. The summed E-state index contributed by atoms with van der Waals surface area (Å²) < 4.78 is 0. The second-order valence-corrected chi connectivity index (χ2v) is 4.40. The van der Waals surface area contributed by atoms with Gasteiger partial charge in [-0.1, -0.05) is 19.8 Å². The van der Waals surface area contributed by atoms with Gasteiger partial charge in [-0.05, 0) is 26.2 Å². The van der Waals surface area contributed by atoms with Gasteiger partial charge in [0.25, 0.3) is 0 Å². The predicted octanol–water partition coefficient (Wildman–Crippen LogP) is 1.55. The molecule has 1 unspecified atom stereocenters. The molecule has 1 saturated carbocycles. The van der Waals surface area contributed by atoms with E-state index in [1.165, 1.54) is 0 Å². The van der Waals surface area contributed by atoms with E-state index in [1.54, 1.807) is 0 Å². The maximum absolute atomic E-state index is 11.7. The lowest BCUT2D eigenvalue weighted by Gasteiger charge is -2.16. The minimum absolute atomic E-state index is 0.0780. The van der Waals surface area contributed by atoms with Crippen molar-refractivity contribution in [3.8, 4) is 0 Å². The molecular weight excluding hydrogens is 194 g/mol. The summed E-state index contributed by atoms with van der Waals surface area (Å²) in [6.45, 7) is 4.01. The highest BCUT2D eigenvalue weighted by Gasteiger charge is 2.57. The van der Waals surface area contributed by atoms with E-state index in [-0.39, 0.29) is 11.9 Å². The summed E-state index contributed by atoms with van der Waals surface area (Å²) in [5.41, 5.74) is -1.10.